The first kappa shape index (κ1) is 25.7. The number of Topliss-reactive ketones (excluding diaryl/α,β-unsaturated/α-hetero) is 1. The SMILES string of the molecule is C=C(C)[C@@H]1C[C@H](O)C2=C(C(=O)C[C@]3(C)[C@@H](C(C)CCC(=O)O)CC[C@@]23C)[C@@]1(C)CCC(=O)O. The second kappa shape index (κ2) is 8.68. The molecule has 184 valence electrons. The Bertz CT molecular complexity index is 902. The lowest BCUT2D eigenvalue weighted by atomic mass is 9.46. The van der Waals surface area contributed by atoms with Crippen LogP contribution in [0.5, 0.6) is 0 Å². The fraction of sp³-hybridized carbons (Fsp3) is 0.741. The first-order chi connectivity index (χ1) is 15.2. The molecular formula is C27H40O6. The lowest BCUT2D eigenvalue weighted by molar-refractivity contribution is -0.138. The highest BCUT2D eigenvalue weighted by Gasteiger charge is 2.65. The first-order valence-corrected chi connectivity index (χ1v) is 12.2. The van der Waals surface area contributed by atoms with Crippen LogP contribution >= 0.6 is 0 Å². The number of hydrogen-bond donors (Lipinski definition) is 3. The summed E-state index contributed by atoms with van der Waals surface area (Å²) in [6.45, 7) is 14.4. The van der Waals surface area contributed by atoms with E-state index in [2.05, 4.69) is 27.4 Å². The third-order valence-corrected chi connectivity index (χ3v) is 9.79. The maximum absolute atomic E-state index is 13.9. The summed E-state index contributed by atoms with van der Waals surface area (Å²) < 4.78 is 0. The second-order valence-electron chi connectivity index (χ2n) is 11.7. The van der Waals surface area contributed by atoms with Gasteiger partial charge in [0, 0.05) is 30.3 Å². The van der Waals surface area contributed by atoms with Gasteiger partial charge in [0.05, 0.1) is 6.10 Å². The van der Waals surface area contributed by atoms with Crippen molar-refractivity contribution in [2.24, 2.45) is 34.0 Å². The molecule has 6 heteroatoms. The molecule has 7 atom stereocenters. The van der Waals surface area contributed by atoms with E-state index in [4.69, 9.17) is 5.11 Å². The molecule has 0 aliphatic heterocycles. The van der Waals surface area contributed by atoms with E-state index < -0.39 is 23.5 Å². The summed E-state index contributed by atoms with van der Waals surface area (Å²) in [5, 5.41) is 30.0. The summed E-state index contributed by atoms with van der Waals surface area (Å²) in [4.78, 5) is 36.5. The van der Waals surface area contributed by atoms with Crippen LogP contribution in [0, 0.1) is 34.0 Å². The Morgan fingerprint density at radius 1 is 1.15 bits per heavy atom. The van der Waals surface area contributed by atoms with Gasteiger partial charge in [-0.05, 0) is 73.2 Å². The number of carbonyl (C=O) groups excluding carboxylic acids is 1. The number of aliphatic hydroxyl groups excluding tert-OH is 1. The van der Waals surface area contributed by atoms with Gasteiger partial charge in [-0.15, -0.1) is 0 Å². The lowest BCUT2D eigenvalue weighted by Crippen LogP contribution is -2.54. The third kappa shape index (κ3) is 3.98. The van der Waals surface area contributed by atoms with Gasteiger partial charge in [-0.2, -0.15) is 0 Å². The minimum Gasteiger partial charge on any atom is -0.481 e. The van der Waals surface area contributed by atoms with Crippen LogP contribution in [0.15, 0.2) is 23.3 Å². The Labute approximate surface area is 197 Å². The van der Waals surface area contributed by atoms with Crippen molar-refractivity contribution in [2.75, 3.05) is 0 Å². The van der Waals surface area contributed by atoms with Crippen LogP contribution in [0.1, 0.15) is 86.0 Å². The second-order valence-corrected chi connectivity index (χ2v) is 11.7. The monoisotopic (exact) mass is 460 g/mol. The Morgan fingerprint density at radius 3 is 2.30 bits per heavy atom. The van der Waals surface area contributed by atoms with Gasteiger partial charge in [0.1, 0.15) is 0 Å². The van der Waals surface area contributed by atoms with Gasteiger partial charge in [0.15, 0.2) is 5.78 Å². The van der Waals surface area contributed by atoms with Crippen molar-refractivity contribution in [3.8, 4) is 0 Å². The largest absolute Gasteiger partial charge is 0.481 e. The summed E-state index contributed by atoms with van der Waals surface area (Å²) in [6, 6.07) is 0. The molecule has 1 saturated carbocycles. The van der Waals surface area contributed by atoms with E-state index in [0.717, 1.165) is 24.0 Å². The van der Waals surface area contributed by atoms with E-state index in [-0.39, 0.29) is 47.2 Å². The minimum absolute atomic E-state index is 0.0141. The molecule has 0 saturated heterocycles. The van der Waals surface area contributed by atoms with E-state index in [1.165, 1.54) is 0 Å². The van der Waals surface area contributed by atoms with Crippen LogP contribution in [0.4, 0.5) is 0 Å². The summed E-state index contributed by atoms with van der Waals surface area (Å²) in [6.07, 6.45) is 2.74. The predicted octanol–water partition coefficient (Wildman–Crippen LogP) is 5.01. The molecule has 1 unspecified atom stereocenters. The number of ketones is 1. The standard InChI is InChI=1S/C27H40O6/c1-15(2)18-13-19(28)24-23(25(18,4)11-10-22(32)33)20(29)14-27(6)17(9-12-26(24,27)5)16(3)7-8-21(30)31/h16-19,28H,1,7-14H2,2-6H3,(H,30,31)(H,32,33)/t16?,17-,18+,19+,25+,26+,27-/m1/s1. The van der Waals surface area contributed by atoms with E-state index in [0.29, 0.717) is 31.3 Å². The fourth-order valence-corrected chi connectivity index (χ4v) is 7.89. The van der Waals surface area contributed by atoms with Crippen LogP contribution in [0.25, 0.3) is 0 Å². The van der Waals surface area contributed by atoms with Crippen molar-refractivity contribution in [3.63, 3.8) is 0 Å². The highest BCUT2D eigenvalue weighted by atomic mass is 16.4. The van der Waals surface area contributed by atoms with Gasteiger partial charge in [0.25, 0.3) is 0 Å². The van der Waals surface area contributed by atoms with E-state index in [9.17, 15) is 24.6 Å². The summed E-state index contributed by atoms with van der Waals surface area (Å²) in [7, 11) is 0. The maximum Gasteiger partial charge on any atom is 0.303 e. The normalized spacial score (nSPS) is 39.1. The van der Waals surface area contributed by atoms with Crippen molar-refractivity contribution >= 4 is 17.7 Å². The molecule has 3 aliphatic carbocycles. The molecule has 3 N–H and O–H groups in total. The number of fused-ring (bicyclic) bond motifs is 2. The molecule has 0 bridgehead atoms. The van der Waals surface area contributed by atoms with E-state index in [1.54, 1.807) is 0 Å². The lowest BCUT2D eigenvalue weighted by Gasteiger charge is -2.58. The van der Waals surface area contributed by atoms with Crippen LogP contribution in [-0.4, -0.2) is 39.1 Å². The van der Waals surface area contributed by atoms with Crippen molar-refractivity contribution in [1.82, 2.24) is 0 Å². The zero-order chi connectivity index (χ0) is 24.9. The minimum atomic E-state index is -0.891. The number of allylic oxidation sites excluding steroid dienone is 2. The highest BCUT2D eigenvalue weighted by molar-refractivity contribution is 6.00. The molecule has 6 nitrogen and oxygen atoms in total. The smallest absolute Gasteiger partial charge is 0.303 e. The molecule has 0 spiro atoms. The molecule has 0 radical (unpaired) electrons. The van der Waals surface area contributed by atoms with Gasteiger partial charge >= 0.3 is 11.9 Å². The van der Waals surface area contributed by atoms with E-state index >= 15 is 0 Å². The average molecular weight is 461 g/mol. The number of aliphatic hydroxyl groups is 1. The molecule has 0 heterocycles. The number of carbonyl (C=O) groups is 3. The molecule has 0 aromatic rings. The molecular weight excluding hydrogens is 420 g/mol. The third-order valence-electron chi connectivity index (χ3n) is 9.79. The number of carboxylic acids is 2. The molecule has 0 aromatic carbocycles. The molecule has 3 rings (SSSR count). The summed E-state index contributed by atoms with van der Waals surface area (Å²) in [5.41, 5.74) is 0.904. The zero-order valence-electron chi connectivity index (χ0n) is 20.7. The van der Waals surface area contributed by atoms with Gasteiger partial charge in [-0.3, -0.25) is 14.4 Å². The number of rotatable bonds is 8. The highest BCUT2D eigenvalue weighted by Crippen LogP contribution is 2.70. The molecule has 3 aliphatic rings. The van der Waals surface area contributed by atoms with Gasteiger partial charge in [-0.1, -0.05) is 39.8 Å². The van der Waals surface area contributed by atoms with Crippen LogP contribution in [0.2, 0.25) is 0 Å². The quantitative estimate of drug-likeness (QED) is 0.439. The Morgan fingerprint density at radius 2 is 1.76 bits per heavy atom. The zero-order valence-corrected chi connectivity index (χ0v) is 20.7. The Hall–Kier alpha value is -1.95. The van der Waals surface area contributed by atoms with Crippen molar-refractivity contribution < 1.29 is 29.7 Å². The van der Waals surface area contributed by atoms with Crippen LogP contribution < -0.4 is 0 Å². The predicted molar refractivity (Wildman–Crippen MR) is 126 cm³/mol. The number of aliphatic carboxylic acids is 2. The van der Waals surface area contributed by atoms with E-state index in [1.807, 2.05) is 13.8 Å². The molecule has 0 amide bonds. The average Bonchev–Trinajstić information content (AvgIpc) is 2.97. The number of hydrogen-bond acceptors (Lipinski definition) is 4. The van der Waals surface area contributed by atoms with Gasteiger partial charge in [0.2, 0.25) is 0 Å². The Kier molecular flexibility index (Phi) is 6.75. The topological polar surface area (TPSA) is 112 Å². The Balaban J connectivity index is 2.12. The molecule has 33 heavy (non-hydrogen) atoms. The molecule has 1 fully saturated rings. The van der Waals surface area contributed by atoms with Crippen LogP contribution in [0.3, 0.4) is 0 Å². The van der Waals surface area contributed by atoms with Crippen molar-refractivity contribution in [3.05, 3.63) is 23.3 Å². The molecule has 0 aromatic heterocycles. The van der Waals surface area contributed by atoms with Crippen molar-refractivity contribution in [1.29, 1.82) is 0 Å². The van der Waals surface area contributed by atoms with Crippen LogP contribution in [-0.2, 0) is 14.4 Å². The van der Waals surface area contributed by atoms with Gasteiger partial charge < -0.3 is 15.3 Å². The van der Waals surface area contributed by atoms with Crippen molar-refractivity contribution in [2.45, 2.75) is 92.1 Å². The maximum atomic E-state index is 13.9. The fourth-order valence-electron chi connectivity index (χ4n) is 7.89. The van der Waals surface area contributed by atoms with Gasteiger partial charge in [-0.25, -0.2) is 0 Å². The first-order valence-electron chi connectivity index (χ1n) is 12.2. The number of carboxylic acid groups (broad SMARTS) is 2. The summed E-state index contributed by atoms with van der Waals surface area (Å²) in [5.74, 6) is -1.49. The summed E-state index contributed by atoms with van der Waals surface area (Å²) >= 11 is 0.